The Bertz CT molecular complexity index is 908. The molecular formula is C20H22N3O4P. The van der Waals surface area contributed by atoms with Crippen LogP contribution in [-0.4, -0.2) is 25.4 Å². The topological polar surface area (TPSA) is 106 Å². The number of nitrogens with zero attached hydrogens (tertiary/aromatic N) is 3. The zero-order valence-corrected chi connectivity index (χ0v) is 16.2. The average Bonchev–Trinajstić information content (AvgIpc) is 2.68. The summed E-state index contributed by atoms with van der Waals surface area (Å²) in [5.41, 5.74) is 4.34. The molecule has 0 spiro atoms. The van der Waals surface area contributed by atoms with E-state index >= 15 is 0 Å². The van der Waals surface area contributed by atoms with Gasteiger partial charge in [-0.1, -0.05) is 48.5 Å². The van der Waals surface area contributed by atoms with Gasteiger partial charge in [0.15, 0.2) is 0 Å². The van der Waals surface area contributed by atoms with Crippen LogP contribution in [-0.2, 0) is 11.1 Å². The van der Waals surface area contributed by atoms with Crippen LogP contribution in [0, 0.1) is 0 Å². The van der Waals surface area contributed by atoms with E-state index in [1.807, 2.05) is 48.3 Å². The van der Waals surface area contributed by atoms with Crippen LogP contribution in [0.3, 0.4) is 0 Å². The SMILES string of the molecule is C/C(=N\N(Cc1ccccc1)c1ccccc1)c1ccncc1.O=P(O)(O)O. The Morgan fingerprint density at radius 2 is 1.43 bits per heavy atom. The molecule has 0 atom stereocenters. The lowest BCUT2D eigenvalue weighted by atomic mass is 10.2. The smallest absolute Gasteiger partial charge is 0.303 e. The second kappa shape index (κ2) is 10.5. The lowest BCUT2D eigenvalue weighted by molar-refractivity contribution is 0.275. The number of anilines is 1. The maximum absolute atomic E-state index is 8.88. The molecule has 0 aliphatic rings. The molecule has 0 aliphatic carbocycles. The van der Waals surface area contributed by atoms with E-state index in [-0.39, 0.29) is 0 Å². The van der Waals surface area contributed by atoms with E-state index in [4.69, 9.17) is 24.3 Å². The molecule has 0 aliphatic heterocycles. The molecule has 3 rings (SSSR count). The molecule has 3 aromatic rings. The summed E-state index contributed by atoms with van der Waals surface area (Å²) in [5.74, 6) is 0. The van der Waals surface area contributed by atoms with Crippen molar-refractivity contribution in [2.24, 2.45) is 5.10 Å². The molecule has 8 heteroatoms. The van der Waals surface area contributed by atoms with Gasteiger partial charge in [0.05, 0.1) is 17.9 Å². The van der Waals surface area contributed by atoms with Crippen LogP contribution in [0.25, 0.3) is 0 Å². The van der Waals surface area contributed by atoms with Gasteiger partial charge in [-0.15, -0.1) is 0 Å². The van der Waals surface area contributed by atoms with Crippen LogP contribution in [0.4, 0.5) is 5.69 Å². The number of pyridine rings is 1. The highest BCUT2D eigenvalue weighted by Crippen LogP contribution is 2.25. The van der Waals surface area contributed by atoms with E-state index in [2.05, 4.69) is 41.4 Å². The second-order valence-corrected chi connectivity index (χ2v) is 6.84. The monoisotopic (exact) mass is 399 g/mol. The maximum atomic E-state index is 8.88. The van der Waals surface area contributed by atoms with E-state index < -0.39 is 7.82 Å². The summed E-state index contributed by atoms with van der Waals surface area (Å²) >= 11 is 0. The fraction of sp³-hybridized carbons (Fsp3) is 0.100. The van der Waals surface area contributed by atoms with Crippen molar-refractivity contribution in [2.45, 2.75) is 13.5 Å². The lowest BCUT2D eigenvalue weighted by Crippen LogP contribution is -2.18. The average molecular weight is 399 g/mol. The first-order valence-corrected chi connectivity index (χ1v) is 10.00. The van der Waals surface area contributed by atoms with Crippen LogP contribution >= 0.6 is 7.82 Å². The number of para-hydroxylation sites is 1. The van der Waals surface area contributed by atoms with Gasteiger partial charge < -0.3 is 14.7 Å². The number of hydrogen-bond acceptors (Lipinski definition) is 4. The lowest BCUT2D eigenvalue weighted by Gasteiger charge is -2.20. The van der Waals surface area contributed by atoms with Gasteiger partial charge in [-0.2, -0.15) is 5.10 Å². The Kier molecular flexibility index (Phi) is 8.04. The van der Waals surface area contributed by atoms with Crippen molar-refractivity contribution in [1.29, 1.82) is 0 Å². The highest BCUT2D eigenvalue weighted by molar-refractivity contribution is 7.45. The zero-order valence-electron chi connectivity index (χ0n) is 15.3. The van der Waals surface area contributed by atoms with Crippen LogP contribution in [0.5, 0.6) is 0 Å². The first-order valence-electron chi connectivity index (χ1n) is 8.43. The molecule has 7 nitrogen and oxygen atoms in total. The van der Waals surface area contributed by atoms with Crippen LogP contribution in [0.15, 0.2) is 90.3 Å². The van der Waals surface area contributed by atoms with Gasteiger partial charge in [0.1, 0.15) is 0 Å². The predicted octanol–water partition coefficient (Wildman–Crippen LogP) is 3.58. The van der Waals surface area contributed by atoms with E-state index in [0.717, 1.165) is 23.5 Å². The highest BCUT2D eigenvalue weighted by atomic mass is 31.2. The van der Waals surface area contributed by atoms with Crippen LogP contribution in [0.2, 0.25) is 0 Å². The van der Waals surface area contributed by atoms with Gasteiger partial charge in [0, 0.05) is 18.0 Å². The van der Waals surface area contributed by atoms with Crippen molar-refractivity contribution in [3.05, 3.63) is 96.3 Å². The molecule has 0 amide bonds. The van der Waals surface area contributed by atoms with Crippen molar-refractivity contribution >= 4 is 19.2 Å². The van der Waals surface area contributed by atoms with Gasteiger partial charge in [-0.05, 0) is 36.8 Å². The molecule has 0 saturated carbocycles. The summed E-state index contributed by atoms with van der Waals surface area (Å²) in [6.07, 6.45) is 3.58. The Labute approximate surface area is 163 Å². The molecule has 1 heterocycles. The summed E-state index contributed by atoms with van der Waals surface area (Å²) in [4.78, 5) is 25.6. The molecule has 0 unspecified atom stereocenters. The van der Waals surface area contributed by atoms with Crippen molar-refractivity contribution in [2.75, 3.05) is 5.01 Å². The first kappa shape index (κ1) is 21.5. The summed E-state index contributed by atoms with van der Waals surface area (Å²) in [6, 6.07) is 24.6. The third-order valence-corrected chi connectivity index (χ3v) is 3.60. The quantitative estimate of drug-likeness (QED) is 0.344. The molecule has 0 radical (unpaired) electrons. The summed E-state index contributed by atoms with van der Waals surface area (Å²) in [7, 11) is -4.64. The van der Waals surface area contributed by atoms with Crippen molar-refractivity contribution < 1.29 is 19.2 Å². The largest absolute Gasteiger partial charge is 0.466 e. The molecule has 28 heavy (non-hydrogen) atoms. The summed E-state index contributed by atoms with van der Waals surface area (Å²) in [5, 5.41) is 6.87. The predicted molar refractivity (Wildman–Crippen MR) is 110 cm³/mol. The number of rotatable bonds is 5. The van der Waals surface area contributed by atoms with Gasteiger partial charge in [0.25, 0.3) is 0 Å². The van der Waals surface area contributed by atoms with E-state index in [1.54, 1.807) is 12.4 Å². The maximum Gasteiger partial charge on any atom is 0.466 e. The standard InChI is InChI=1S/C20H19N3.H3O4P/c1-17(19-12-14-21-15-13-19)22-23(20-10-6-3-7-11-20)16-18-8-4-2-5-9-18;1-5(2,3)4/h2-15H,16H2,1H3;(H3,1,2,3,4)/b22-17+;. The Hall–Kier alpha value is -2.83. The number of hydrogen-bond donors (Lipinski definition) is 3. The molecule has 146 valence electrons. The number of hydrazone groups is 1. The Morgan fingerprint density at radius 1 is 0.929 bits per heavy atom. The fourth-order valence-corrected chi connectivity index (χ4v) is 2.37. The Balaban J connectivity index is 0.000000500. The van der Waals surface area contributed by atoms with Gasteiger partial charge in [-0.25, -0.2) is 4.57 Å². The number of aromatic nitrogens is 1. The van der Waals surface area contributed by atoms with Gasteiger partial charge in [-0.3, -0.25) is 9.99 Å². The molecule has 1 aromatic heterocycles. The third-order valence-electron chi connectivity index (χ3n) is 3.60. The van der Waals surface area contributed by atoms with E-state index in [1.165, 1.54) is 5.56 Å². The minimum atomic E-state index is -4.64. The van der Waals surface area contributed by atoms with E-state index in [9.17, 15) is 0 Å². The molecule has 0 saturated heterocycles. The molecule has 0 fully saturated rings. The van der Waals surface area contributed by atoms with Crippen molar-refractivity contribution in [3.8, 4) is 0 Å². The fourth-order valence-electron chi connectivity index (χ4n) is 2.37. The molecule has 0 bridgehead atoms. The second-order valence-electron chi connectivity index (χ2n) is 5.81. The molecular weight excluding hydrogens is 377 g/mol. The number of benzene rings is 2. The highest BCUT2D eigenvalue weighted by Gasteiger charge is 2.07. The summed E-state index contributed by atoms with van der Waals surface area (Å²) < 4.78 is 8.88. The third kappa shape index (κ3) is 8.24. The molecule has 2 aromatic carbocycles. The normalized spacial score (nSPS) is 11.4. The zero-order chi connectivity index (χ0) is 20.4. The minimum absolute atomic E-state index is 0.729. The first-order chi connectivity index (χ1) is 13.3. The van der Waals surface area contributed by atoms with Crippen molar-refractivity contribution in [3.63, 3.8) is 0 Å². The van der Waals surface area contributed by atoms with Crippen molar-refractivity contribution in [1.82, 2.24) is 4.98 Å². The number of phosphoric acid groups is 1. The van der Waals surface area contributed by atoms with Crippen LogP contribution in [0.1, 0.15) is 18.1 Å². The summed E-state index contributed by atoms with van der Waals surface area (Å²) in [6.45, 7) is 2.75. The van der Waals surface area contributed by atoms with E-state index in [0.29, 0.717) is 0 Å². The Morgan fingerprint density at radius 3 is 1.96 bits per heavy atom. The minimum Gasteiger partial charge on any atom is -0.303 e. The van der Waals surface area contributed by atoms with Gasteiger partial charge in [0.2, 0.25) is 0 Å². The molecule has 3 N–H and O–H groups in total. The van der Waals surface area contributed by atoms with Crippen LogP contribution < -0.4 is 5.01 Å². The van der Waals surface area contributed by atoms with Gasteiger partial charge >= 0.3 is 7.82 Å².